The number of carbonyl (C=O) groups is 4. The first-order chi connectivity index (χ1) is 40.2. The maximum atomic E-state index is 14.0. The highest BCUT2D eigenvalue weighted by Crippen LogP contribution is 2.35. The lowest BCUT2D eigenvalue weighted by Crippen LogP contribution is -2.58. The van der Waals surface area contributed by atoms with Crippen LogP contribution in [0, 0.1) is 12.3 Å². The van der Waals surface area contributed by atoms with Gasteiger partial charge in [-0.25, -0.2) is 19.4 Å². The van der Waals surface area contributed by atoms with Crippen LogP contribution >= 0.6 is 11.3 Å². The third-order valence-corrected chi connectivity index (χ3v) is 14.7. The number of aromatic carboxylic acids is 1. The number of aryl methyl sites for hydroxylation is 1. The monoisotopic (exact) mass is 1150 g/mol. The van der Waals surface area contributed by atoms with Gasteiger partial charge in [0, 0.05) is 37.0 Å². The van der Waals surface area contributed by atoms with E-state index >= 15 is 0 Å². The molecule has 0 saturated carbocycles. The van der Waals surface area contributed by atoms with Crippen LogP contribution in [0.15, 0.2) is 133 Å². The number of pyridine rings is 1. The highest BCUT2D eigenvalue weighted by molar-refractivity contribution is 7.13. The highest BCUT2D eigenvalue weighted by atomic mass is 32.1. The van der Waals surface area contributed by atoms with E-state index in [1.165, 1.54) is 4.90 Å². The van der Waals surface area contributed by atoms with Gasteiger partial charge in [-0.05, 0) is 95.3 Å². The number of hydrogen-bond donors (Lipinski definition) is 5. The number of nitrogens with zero attached hydrogens (tertiary/aromatic N) is 7. The Hall–Kier alpha value is -8.38. The van der Waals surface area contributed by atoms with Crippen LogP contribution in [0.2, 0.25) is 0 Å². The van der Waals surface area contributed by atoms with Gasteiger partial charge in [0.1, 0.15) is 53.9 Å². The third-order valence-electron chi connectivity index (χ3n) is 13.8. The van der Waals surface area contributed by atoms with Crippen molar-refractivity contribution < 1.29 is 53.1 Å². The number of thiazole rings is 1. The zero-order valence-electron chi connectivity index (χ0n) is 46.7. The largest absolute Gasteiger partial charge is 0.487 e. The SMILES string of the molecule is Cc1ncsc1-c1ccc(CNC(=O)[C@@H]2C[C@@H](O)CN2C(=O)[C@@H](NC(=O)COCCOCCOCCOCCn2cc(COc3ccc(-c4nc5cc(-c6ccccc6)ccn5c4Nc4ccc(C(=O)O)cc4)cc3)nn2)C(C)(C)C)cc1. The first-order valence-corrected chi connectivity index (χ1v) is 28.2. The average Bonchev–Trinajstić information content (AvgIpc) is 4.47. The van der Waals surface area contributed by atoms with E-state index in [2.05, 4.69) is 43.4 Å². The number of carbonyl (C=O) groups excluding carboxylic acids is 3. The summed E-state index contributed by atoms with van der Waals surface area (Å²) in [7, 11) is 0. The fourth-order valence-corrected chi connectivity index (χ4v) is 10.2. The predicted molar refractivity (Wildman–Crippen MR) is 312 cm³/mol. The summed E-state index contributed by atoms with van der Waals surface area (Å²) in [6.07, 6.45) is 2.98. The number of anilines is 2. The van der Waals surface area contributed by atoms with Gasteiger partial charge in [0.2, 0.25) is 17.7 Å². The van der Waals surface area contributed by atoms with Gasteiger partial charge < -0.3 is 54.7 Å². The van der Waals surface area contributed by atoms with Crippen LogP contribution in [0.5, 0.6) is 5.75 Å². The number of benzene rings is 4. The molecule has 8 aromatic rings. The van der Waals surface area contributed by atoms with Crippen molar-refractivity contribution in [2.45, 2.75) is 72.0 Å². The number of imidazole rings is 1. The lowest BCUT2D eigenvalue weighted by atomic mass is 9.85. The molecule has 1 aliphatic rings. The van der Waals surface area contributed by atoms with E-state index in [9.17, 15) is 29.4 Å². The molecule has 0 spiro atoms. The summed E-state index contributed by atoms with van der Waals surface area (Å²) in [6.45, 7) is 10.2. The zero-order chi connectivity index (χ0) is 58.3. The number of carboxylic acids is 1. The Morgan fingerprint density at radius 3 is 2.16 bits per heavy atom. The number of carboxylic acid groups (broad SMARTS) is 1. The minimum Gasteiger partial charge on any atom is -0.487 e. The molecule has 83 heavy (non-hydrogen) atoms. The van der Waals surface area contributed by atoms with Gasteiger partial charge in [0.25, 0.3) is 0 Å². The number of amides is 3. The molecule has 1 aliphatic heterocycles. The second-order valence-corrected chi connectivity index (χ2v) is 21.8. The van der Waals surface area contributed by atoms with E-state index in [0.29, 0.717) is 62.4 Å². The van der Waals surface area contributed by atoms with Crippen molar-refractivity contribution in [2.24, 2.45) is 5.41 Å². The number of aliphatic hydroxyl groups excluding tert-OH is 1. The molecule has 3 amide bonds. The van der Waals surface area contributed by atoms with Crippen molar-refractivity contribution in [1.29, 1.82) is 0 Å². The van der Waals surface area contributed by atoms with Gasteiger partial charge >= 0.3 is 5.97 Å². The molecule has 22 heteroatoms. The summed E-state index contributed by atoms with van der Waals surface area (Å²) in [5, 5.41) is 37.6. The summed E-state index contributed by atoms with van der Waals surface area (Å²) in [4.78, 5) is 63.7. The Labute approximate surface area is 484 Å². The second-order valence-electron chi connectivity index (χ2n) is 20.9. The number of aliphatic hydroxyl groups is 1. The molecule has 3 atom stereocenters. The number of rotatable bonds is 28. The molecule has 0 aliphatic carbocycles. The summed E-state index contributed by atoms with van der Waals surface area (Å²) < 4.78 is 32.2. The van der Waals surface area contributed by atoms with Crippen LogP contribution in [0.25, 0.3) is 38.5 Å². The quantitative estimate of drug-likeness (QED) is 0.0296. The van der Waals surface area contributed by atoms with E-state index in [4.69, 9.17) is 28.7 Å². The van der Waals surface area contributed by atoms with E-state index in [-0.39, 0.29) is 57.4 Å². The Bertz CT molecular complexity index is 3440. The predicted octanol–water partition coefficient (Wildman–Crippen LogP) is 7.59. The van der Waals surface area contributed by atoms with E-state index in [1.54, 1.807) is 46.5 Å². The highest BCUT2D eigenvalue weighted by Gasteiger charge is 2.44. The zero-order valence-corrected chi connectivity index (χ0v) is 47.6. The molecule has 0 unspecified atom stereocenters. The number of β-amino-alcohol motifs (C(OH)–C–C–N with tert-alkyl or cyclic N) is 1. The molecule has 1 saturated heterocycles. The van der Waals surface area contributed by atoms with E-state index < -0.39 is 41.4 Å². The lowest BCUT2D eigenvalue weighted by molar-refractivity contribution is -0.144. The van der Waals surface area contributed by atoms with Crippen molar-refractivity contribution in [3.63, 3.8) is 0 Å². The number of ether oxygens (including phenoxy) is 5. The van der Waals surface area contributed by atoms with Crippen LogP contribution < -0.4 is 20.7 Å². The molecular formula is C61H68N10O11S. The maximum absolute atomic E-state index is 14.0. The summed E-state index contributed by atoms with van der Waals surface area (Å²) in [6, 6.07) is 34.3. The van der Waals surface area contributed by atoms with Crippen LogP contribution in [-0.4, -0.2) is 146 Å². The standard InChI is InChI=1S/C61H68N10O11S/c1-40-55(83-39-63-40)44-12-10-41(11-13-44)34-62-58(74)51-33-49(72)36-71(51)59(75)56(61(2,3)4)66-53(73)38-81-31-30-80-29-28-79-27-26-78-25-24-69-35-48(67-68-69)37-82-50-20-16-43(17-21-50)54-57(64-47-18-14-45(15-19-47)60(76)77)70-23-22-46(32-52(70)65-54)42-8-6-5-7-9-42/h5-23,32,35,39,49,51,56,64,72H,24-31,33-34,36-38H2,1-4H3,(H,62,74)(H,66,73)(H,76,77)/t49-,51+,56-/m1/s1. The van der Waals surface area contributed by atoms with Crippen molar-refractivity contribution in [2.75, 3.05) is 64.7 Å². The summed E-state index contributed by atoms with van der Waals surface area (Å²) in [5.74, 6) is -0.963. The van der Waals surface area contributed by atoms with Gasteiger partial charge in [-0.3, -0.25) is 18.8 Å². The van der Waals surface area contributed by atoms with Crippen LogP contribution in [-0.2, 0) is 53.0 Å². The maximum Gasteiger partial charge on any atom is 0.335 e. The fourth-order valence-electron chi connectivity index (χ4n) is 9.35. The molecule has 4 aromatic carbocycles. The van der Waals surface area contributed by atoms with Crippen LogP contribution in [0.3, 0.4) is 0 Å². The summed E-state index contributed by atoms with van der Waals surface area (Å²) in [5.41, 5.74) is 9.93. The van der Waals surface area contributed by atoms with Crippen molar-refractivity contribution in [3.8, 4) is 38.6 Å². The lowest BCUT2D eigenvalue weighted by Gasteiger charge is -2.35. The molecule has 5 N–H and O–H groups in total. The first-order valence-electron chi connectivity index (χ1n) is 27.3. The normalized spacial score (nSPS) is 14.6. The molecule has 0 bridgehead atoms. The van der Waals surface area contributed by atoms with Crippen molar-refractivity contribution in [1.82, 2.24) is 44.9 Å². The molecular weight excluding hydrogens is 1080 g/mol. The molecule has 434 valence electrons. The smallest absolute Gasteiger partial charge is 0.335 e. The number of nitrogens with one attached hydrogen (secondary N) is 3. The third kappa shape index (κ3) is 16.0. The Morgan fingerprint density at radius 1 is 0.795 bits per heavy atom. The molecule has 9 rings (SSSR count). The first kappa shape index (κ1) is 59.2. The topological polar surface area (TPSA) is 255 Å². The summed E-state index contributed by atoms with van der Waals surface area (Å²) >= 11 is 1.57. The number of hydrogen-bond acceptors (Lipinski definition) is 16. The van der Waals surface area contributed by atoms with E-state index in [1.807, 2.05) is 123 Å². The van der Waals surface area contributed by atoms with Crippen LogP contribution in [0.1, 0.15) is 54.5 Å². The van der Waals surface area contributed by atoms with Gasteiger partial charge in [0.05, 0.1) is 86.7 Å². The molecule has 21 nitrogen and oxygen atoms in total. The molecule has 1 fully saturated rings. The number of aromatic nitrogens is 6. The Balaban J connectivity index is 0.633. The molecule has 5 heterocycles. The number of likely N-dealkylation sites (tertiary alicyclic amines) is 1. The molecule has 4 aromatic heterocycles. The second kappa shape index (κ2) is 28.1. The van der Waals surface area contributed by atoms with Gasteiger partial charge in [0.15, 0.2) is 0 Å². The fraction of sp³-hybridized carbons (Fsp3) is 0.344. The van der Waals surface area contributed by atoms with Gasteiger partial charge in [-0.1, -0.05) is 80.6 Å². The van der Waals surface area contributed by atoms with Gasteiger partial charge in [-0.2, -0.15) is 0 Å². The van der Waals surface area contributed by atoms with Crippen molar-refractivity contribution >= 4 is 52.2 Å². The average molecular weight is 1150 g/mol. The van der Waals surface area contributed by atoms with E-state index in [0.717, 1.165) is 49.9 Å². The molecule has 0 radical (unpaired) electrons. The van der Waals surface area contributed by atoms with Crippen LogP contribution in [0.4, 0.5) is 11.5 Å². The van der Waals surface area contributed by atoms with Gasteiger partial charge in [-0.15, -0.1) is 16.4 Å². The minimum atomic E-state index is -0.994. The number of fused-ring (bicyclic) bond motifs is 1. The Morgan fingerprint density at radius 2 is 1.48 bits per heavy atom. The minimum absolute atomic E-state index is 0.0262. The Kier molecular flexibility index (Phi) is 20.0. The van der Waals surface area contributed by atoms with Crippen molar-refractivity contribution in [3.05, 3.63) is 156 Å².